The number of anilines is 1. The van der Waals surface area contributed by atoms with Crippen molar-refractivity contribution in [2.45, 2.75) is 6.92 Å². The molecule has 0 bridgehead atoms. The van der Waals surface area contributed by atoms with Gasteiger partial charge in [0.15, 0.2) is 12.4 Å². The lowest BCUT2D eigenvalue weighted by atomic mass is 10.0. The van der Waals surface area contributed by atoms with Crippen LogP contribution in [-0.4, -0.2) is 18.3 Å². The van der Waals surface area contributed by atoms with Crippen LogP contribution in [0.3, 0.4) is 0 Å². The lowest BCUT2D eigenvalue weighted by Crippen LogP contribution is -2.21. The molecule has 3 aromatic carbocycles. The van der Waals surface area contributed by atoms with Crippen LogP contribution in [0.25, 0.3) is 11.1 Å². The van der Waals surface area contributed by atoms with Crippen LogP contribution in [0.15, 0.2) is 72.8 Å². The zero-order valence-electron chi connectivity index (χ0n) is 14.7. The number of Topliss-reactive ketones (excluding diaryl/α,β-unsaturated/α-hetero) is 1. The Morgan fingerprint density at radius 1 is 0.963 bits per heavy atom. The summed E-state index contributed by atoms with van der Waals surface area (Å²) >= 11 is 5.92. The van der Waals surface area contributed by atoms with Crippen LogP contribution in [0.5, 0.6) is 5.75 Å². The smallest absolute Gasteiger partial charge is 0.262 e. The normalized spacial score (nSPS) is 10.3. The number of carbonyl (C=O) groups is 2. The first-order valence-electron chi connectivity index (χ1n) is 8.42. The summed E-state index contributed by atoms with van der Waals surface area (Å²) in [5.41, 5.74) is 2.97. The molecule has 0 atom stereocenters. The molecule has 0 heterocycles. The predicted octanol–water partition coefficient (Wildman–Crippen LogP) is 5.23. The first kappa shape index (κ1) is 18.7. The van der Waals surface area contributed by atoms with Crippen LogP contribution in [0.2, 0.25) is 5.02 Å². The van der Waals surface area contributed by atoms with E-state index in [1.165, 1.54) is 13.0 Å². The highest BCUT2D eigenvalue weighted by Gasteiger charge is 2.13. The number of para-hydroxylation sites is 1. The van der Waals surface area contributed by atoms with Crippen LogP contribution in [0.1, 0.15) is 17.3 Å². The van der Waals surface area contributed by atoms with Crippen LogP contribution in [0, 0.1) is 0 Å². The Bertz CT molecular complexity index is 970. The molecule has 0 unspecified atom stereocenters. The van der Waals surface area contributed by atoms with Gasteiger partial charge in [-0.25, -0.2) is 0 Å². The van der Waals surface area contributed by atoms with E-state index in [9.17, 15) is 9.59 Å². The zero-order chi connectivity index (χ0) is 19.2. The van der Waals surface area contributed by atoms with Gasteiger partial charge in [0.25, 0.3) is 5.91 Å². The van der Waals surface area contributed by atoms with E-state index in [0.717, 1.165) is 11.1 Å². The third-order valence-corrected chi connectivity index (χ3v) is 4.20. The van der Waals surface area contributed by atoms with Crippen molar-refractivity contribution >= 4 is 29.0 Å². The van der Waals surface area contributed by atoms with Gasteiger partial charge in [-0.05, 0) is 36.8 Å². The molecule has 136 valence electrons. The van der Waals surface area contributed by atoms with Gasteiger partial charge in [0, 0.05) is 16.3 Å². The molecule has 0 aliphatic rings. The summed E-state index contributed by atoms with van der Waals surface area (Å²) in [7, 11) is 0. The molecule has 0 saturated heterocycles. The molecule has 0 fully saturated rings. The minimum atomic E-state index is -0.317. The zero-order valence-corrected chi connectivity index (χ0v) is 15.5. The Balaban J connectivity index is 1.72. The Labute approximate surface area is 162 Å². The highest BCUT2D eigenvalue weighted by atomic mass is 35.5. The monoisotopic (exact) mass is 379 g/mol. The van der Waals surface area contributed by atoms with Crippen molar-refractivity contribution < 1.29 is 14.3 Å². The highest BCUT2D eigenvalue weighted by Crippen LogP contribution is 2.28. The van der Waals surface area contributed by atoms with E-state index < -0.39 is 0 Å². The second-order valence-corrected chi connectivity index (χ2v) is 6.38. The molecule has 27 heavy (non-hydrogen) atoms. The van der Waals surface area contributed by atoms with Gasteiger partial charge >= 0.3 is 0 Å². The summed E-state index contributed by atoms with van der Waals surface area (Å²) in [6, 6.07) is 22.1. The molecule has 3 aromatic rings. The molecule has 4 nitrogen and oxygen atoms in total. The molecule has 5 heteroatoms. The van der Waals surface area contributed by atoms with Crippen molar-refractivity contribution in [1.29, 1.82) is 0 Å². The second kappa shape index (κ2) is 8.52. The first-order chi connectivity index (χ1) is 13.0. The quantitative estimate of drug-likeness (QED) is 0.597. The van der Waals surface area contributed by atoms with Gasteiger partial charge < -0.3 is 10.1 Å². The molecule has 0 radical (unpaired) electrons. The van der Waals surface area contributed by atoms with E-state index in [1.54, 1.807) is 12.1 Å². The topological polar surface area (TPSA) is 55.4 Å². The summed E-state index contributed by atoms with van der Waals surface area (Å²) < 4.78 is 5.54. The van der Waals surface area contributed by atoms with Crippen molar-refractivity contribution in [2.24, 2.45) is 0 Å². The molecule has 1 N–H and O–H groups in total. The molecule has 0 aliphatic heterocycles. The number of benzene rings is 3. The average Bonchev–Trinajstić information content (AvgIpc) is 2.68. The molecule has 0 spiro atoms. The Kier molecular flexibility index (Phi) is 5.89. The first-order valence-corrected chi connectivity index (χ1v) is 8.80. The Hall–Kier alpha value is -3.11. The summed E-state index contributed by atoms with van der Waals surface area (Å²) in [5.74, 6) is -0.163. The van der Waals surface area contributed by atoms with Crippen LogP contribution in [0.4, 0.5) is 5.69 Å². The predicted molar refractivity (Wildman–Crippen MR) is 107 cm³/mol. The third-order valence-electron chi connectivity index (χ3n) is 3.97. The molecule has 1 amide bonds. The number of rotatable bonds is 6. The van der Waals surface area contributed by atoms with Gasteiger partial charge in [-0.2, -0.15) is 0 Å². The molecule has 0 aliphatic carbocycles. The highest BCUT2D eigenvalue weighted by molar-refractivity contribution is 6.31. The van der Waals surface area contributed by atoms with Crippen LogP contribution < -0.4 is 10.1 Å². The van der Waals surface area contributed by atoms with Gasteiger partial charge in [0.2, 0.25) is 0 Å². The van der Waals surface area contributed by atoms with Crippen molar-refractivity contribution in [3.63, 3.8) is 0 Å². The summed E-state index contributed by atoms with van der Waals surface area (Å²) in [6.07, 6.45) is 0. The van der Waals surface area contributed by atoms with Gasteiger partial charge in [-0.3, -0.25) is 9.59 Å². The van der Waals surface area contributed by atoms with E-state index in [1.807, 2.05) is 54.6 Å². The summed E-state index contributed by atoms with van der Waals surface area (Å²) in [6.45, 7) is 1.21. The fourth-order valence-electron chi connectivity index (χ4n) is 2.69. The summed E-state index contributed by atoms with van der Waals surface area (Å²) in [4.78, 5) is 24.1. The molecule has 0 saturated carbocycles. The average molecular weight is 380 g/mol. The van der Waals surface area contributed by atoms with E-state index in [-0.39, 0.29) is 18.3 Å². The number of nitrogens with one attached hydrogen (secondary N) is 1. The maximum Gasteiger partial charge on any atom is 0.262 e. The SMILES string of the molecule is CC(=O)c1cc(Cl)ccc1OCC(=O)Nc1ccccc1-c1ccccc1. The van der Waals surface area contributed by atoms with Crippen LogP contribution in [-0.2, 0) is 4.79 Å². The van der Waals surface area contributed by atoms with Gasteiger partial charge in [0.1, 0.15) is 5.75 Å². The number of hydrogen-bond donors (Lipinski definition) is 1. The molecule has 3 rings (SSSR count). The number of amides is 1. The fraction of sp³-hybridized carbons (Fsp3) is 0.0909. The Morgan fingerprint density at radius 2 is 1.67 bits per heavy atom. The standard InChI is InChI=1S/C22H18ClNO3/c1-15(25)19-13-17(23)11-12-21(19)27-14-22(26)24-20-10-6-5-9-18(20)16-7-3-2-4-8-16/h2-13H,14H2,1H3,(H,24,26). The minimum absolute atomic E-state index is 0.178. The minimum Gasteiger partial charge on any atom is -0.483 e. The number of halogens is 1. The van der Waals surface area contributed by atoms with Crippen molar-refractivity contribution in [2.75, 3.05) is 11.9 Å². The largest absolute Gasteiger partial charge is 0.483 e. The fourth-order valence-corrected chi connectivity index (χ4v) is 2.87. The number of carbonyl (C=O) groups excluding carboxylic acids is 2. The maximum absolute atomic E-state index is 12.4. The molecular formula is C22H18ClNO3. The summed E-state index contributed by atoms with van der Waals surface area (Å²) in [5, 5.41) is 3.30. The van der Waals surface area contributed by atoms with Gasteiger partial charge in [0.05, 0.1) is 5.56 Å². The van der Waals surface area contributed by atoms with Crippen molar-refractivity contribution in [1.82, 2.24) is 0 Å². The maximum atomic E-state index is 12.4. The lowest BCUT2D eigenvalue weighted by molar-refractivity contribution is -0.118. The van der Waals surface area contributed by atoms with Crippen molar-refractivity contribution in [3.8, 4) is 16.9 Å². The van der Waals surface area contributed by atoms with E-state index in [0.29, 0.717) is 22.0 Å². The van der Waals surface area contributed by atoms with E-state index in [2.05, 4.69) is 5.32 Å². The third kappa shape index (κ3) is 4.74. The van der Waals surface area contributed by atoms with E-state index in [4.69, 9.17) is 16.3 Å². The second-order valence-electron chi connectivity index (χ2n) is 5.95. The molecular weight excluding hydrogens is 362 g/mol. The van der Waals surface area contributed by atoms with Crippen molar-refractivity contribution in [3.05, 3.63) is 83.4 Å². The van der Waals surface area contributed by atoms with Gasteiger partial charge in [-0.15, -0.1) is 0 Å². The number of hydrogen-bond acceptors (Lipinski definition) is 3. The van der Waals surface area contributed by atoms with E-state index >= 15 is 0 Å². The Morgan fingerprint density at radius 3 is 2.41 bits per heavy atom. The molecule has 0 aromatic heterocycles. The number of ether oxygens (including phenoxy) is 1. The van der Waals surface area contributed by atoms with Gasteiger partial charge in [-0.1, -0.05) is 60.1 Å². The number of ketones is 1. The lowest BCUT2D eigenvalue weighted by Gasteiger charge is -2.13. The van der Waals surface area contributed by atoms with Crippen LogP contribution >= 0.6 is 11.6 Å².